The third-order valence-electron chi connectivity index (χ3n) is 2.13. The standard InChI is InChI=1S/C11H15NO4/c1-11(2,3)8(10(14)15)12-9(13)7-5-4-6-16-7/h4-6,8H,1-3H3,(H,12,13)(H,14,15)/t8-/m0/s1. The van der Waals surface area contributed by atoms with Crippen LogP contribution < -0.4 is 5.32 Å². The minimum atomic E-state index is -1.06. The first-order valence-corrected chi connectivity index (χ1v) is 4.89. The van der Waals surface area contributed by atoms with Gasteiger partial charge in [0.15, 0.2) is 5.76 Å². The molecule has 2 N–H and O–H groups in total. The highest BCUT2D eigenvalue weighted by atomic mass is 16.4. The number of furan rings is 1. The SMILES string of the molecule is CC(C)(C)[C@@H](NC(=O)c1ccco1)C(=O)O. The number of carboxylic acid groups (broad SMARTS) is 1. The molecule has 0 bridgehead atoms. The lowest BCUT2D eigenvalue weighted by molar-refractivity contribution is -0.142. The van der Waals surface area contributed by atoms with Crippen LogP contribution in [-0.2, 0) is 4.79 Å². The first-order valence-electron chi connectivity index (χ1n) is 4.89. The van der Waals surface area contributed by atoms with Gasteiger partial charge >= 0.3 is 5.97 Å². The Hall–Kier alpha value is -1.78. The molecule has 88 valence electrons. The van der Waals surface area contributed by atoms with Crippen LogP contribution in [0.15, 0.2) is 22.8 Å². The summed E-state index contributed by atoms with van der Waals surface area (Å²) in [6.07, 6.45) is 1.36. The highest BCUT2D eigenvalue weighted by Crippen LogP contribution is 2.19. The number of carboxylic acids is 1. The van der Waals surface area contributed by atoms with Gasteiger partial charge in [0.1, 0.15) is 6.04 Å². The van der Waals surface area contributed by atoms with E-state index in [1.165, 1.54) is 12.3 Å². The minimum absolute atomic E-state index is 0.107. The highest BCUT2D eigenvalue weighted by molar-refractivity contribution is 5.94. The van der Waals surface area contributed by atoms with E-state index < -0.39 is 23.3 Å². The minimum Gasteiger partial charge on any atom is -0.480 e. The molecule has 0 fully saturated rings. The summed E-state index contributed by atoms with van der Waals surface area (Å²) in [5.74, 6) is -1.48. The lowest BCUT2D eigenvalue weighted by Crippen LogP contribution is -2.49. The zero-order valence-electron chi connectivity index (χ0n) is 9.48. The Bertz CT molecular complexity index is 375. The van der Waals surface area contributed by atoms with Crippen LogP contribution >= 0.6 is 0 Å². The number of nitrogens with one attached hydrogen (secondary N) is 1. The lowest BCUT2D eigenvalue weighted by atomic mass is 9.87. The van der Waals surface area contributed by atoms with Crippen LogP contribution in [0.5, 0.6) is 0 Å². The molecule has 0 spiro atoms. The van der Waals surface area contributed by atoms with Gasteiger partial charge in [0.05, 0.1) is 6.26 Å². The molecular weight excluding hydrogens is 210 g/mol. The van der Waals surface area contributed by atoms with Crippen LogP contribution in [0.2, 0.25) is 0 Å². The summed E-state index contributed by atoms with van der Waals surface area (Å²) < 4.78 is 4.88. The van der Waals surface area contributed by atoms with E-state index in [9.17, 15) is 9.59 Å². The van der Waals surface area contributed by atoms with Crippen molar-refractivity contribution in [1.82, 2.24) is 5.32 Å². The fourth-order valence-corrected chi connectivity index (χ4v) is 1.26. The van der Waals surface area contributed by atoms with Crippen LogP contribution in [0.3, 0.4) is 0 Å². The molecule has 0 aliphatic rings. The molecule has 16 heavy (non-hydrogen) atoms. The van der Waals surface area contributed by atoms with E-state index in [1.807, 2.05) is 0 Å². The Labute approximate surface area is 93.4 Å². The second-order valence-electron chi connectivity index (χ2n) is 4.59. The zero-order chi connectivity index (χ0) is 12.3. The van der Waals surface area contributed by atoms with Gasteiger partial charge in [0.2, 0.25) is 0 Å². The largest absolute Gasteiger partial charge is 0.480 e. The molecule has 0 aliphatic carbocycles. The molecule has 0 aliphatic heterocycles. The summed E-state index contributed by atoms with van der Waals surface area (Å²) in [7, 11) is 0. The molecule has 0 aromatic carbocycles. The maximum atomic E-state index is 11.6. The van der Waals surface area contributed by atoms with Crippen molar-refractivity contribution in [2.24, 2.45) is 5.41 Å². The summed E-state index contributed by atoms with van der Waals surface area (Å²) in [5, 5.41) is 11.4. The van der Waals surface area contributed by atoms with Gasteiger partial charge in [-0.3, -0.25) is 4.79 Å². The lowest BCUT2D eigenvalue weighted by Gasteiger charge is -2.27. The van der Waals surface area contributed by atoms with E-state index in [0.29, 0.717) is 0 Å². The van der Waals surface area contributed by atoms with Gasteiger partial charge in [0, 0.05) is 0 Å². The van der Waals surface area contributed by atoms with E-state index in [4.69, 9.17) is 9.52 Å². The van der Waals surface area contributed by atoms with Gasteiger partial charge in [-0.25, -0.2) is 4.79 Å². The maximum absolute atomic E-state index is 11.6. The van der Waals surface area contributed by atoms with Crippen molar-refractivity contribution in [2.45, 2.75) is 26.8 Å². The van der Waals surface area contributed by atoms with E-state index in [0.717, 1.165) is 0 Å². The maximum Gasteiger partial charge on any atom is 0.326 e. The van der Waals surface area contributed by atoms with Crippen molar-refractivity contribution in [3.63, 3.8) is 0 Å². The van der Waals surface area contributed by atoms with Crippen molar-refractivity contribution < 1.29 is 19.1 Å². The predicted octanol–water partition coefficient (Wildman–Crippen LogP) is 1.51. The first-order chi connectivity index (χ1) is 7.32. The Morgan fingerprint density at radius 3 is 2.44 bits per heavy atom. The molecule has 1 aromatic rings. The number of carbonyl (C=O) groups excluding carboxylic acids is 1. The number of aliphatic carboxylic acids is 1. The van der Waals surface area contributed by atoms with Crippen LogP contribution in [-0.4, -0.2) is 23.0 Å². The van der Waals surface area contributed by atoms with Crippen molar-refractivity contribution in [3.8, 4) is 0 Å². The van der Waals surface area contributed by atoms with Crippen molar-refractivity contribution in [2.75, 3.05) is 0 Å². The third-order valence-corrected chi connectivity index (χ3v) is 2.13. The van der Waals surface area contributed by atoms with Gasteiger partial charge in [-0.2, -0.15) is 0 Å². The van der Waals surface area contributed by atoms with Gasteiger partial charge < -0.3 is 14.8 Å². The first kappa shape index (κ1) is 12.3. The monoisotopic (exact) mass is 225 g/mol. The molecule has 1 atom stereocenters. The second kappa shape index (κ2) is 4.38. The summed E-state index contributed by atoms with van der Waals surface area (Å²) >= 11 is 0. The smallest absolute Gasteiger partial charge is 0.326 e. The van der Waals surface area contributed by atoms with Gasteiger partial charge in [-0.05, 0) is 17.5 Å². The third kappa shape index (κ3) is 2.85. The molecular formula is C11H15NO4. The normalized spacial score (nSPS) is 13.2. The van der Waals surface area contributed by atoms with Gasteiger partial charge in [-0.1, -0.05) is 20.8 Å². The molecule has 0 saturated heterocycles. The van der Waals surface area contributed by atoms with Crippen LogP contribution in [0, 0.1) is 5.41 Å². The molecule has 0 radical (unpaired) electrons. The number of hydrogen-bond donors (Lipinski definition) is 2. The summed E-state index contributed by atoms with van der Waals surface area (Å²) in [6, 6.07) is 2.10. The predicted molar refractivity (Wildman–Crippen MR) is 57.1 cm³/mol. The zero-order valence-corrected chi connectivity index (χ0v) is 9.48. The van der Waals surface area contributed by atoms with E-state index in [1.54, 1.807) is 26.8 Å². The van der Waals surface area contributed by atoms with Gasteiger partial charge in [0.25, 0.3) is 5.91 Å². The fraction of sp³-hybridized carbons (Fsp3) is 0.455. The van der Waals surface area contributed by atoms with Crippen LogP contribution in [0.25, 0.3) is 0 Å². The van der Waals surface area contributed by atoms with E-state index >= 15 is 0 Å². The highest BCUT2D eigenvalue weighted by Gasteiger charge is 2.33. The molecule has 1 amide bonds. The molecule has 0 saturated carbocycles. The van der Waals surface area contributed by atoms with Crippen LogP contribution in [0.4, 0.5) is 0 Å². The fourth-order valence-electron chi connectivity index (χ4n) is 1.26. The quantitative estimate of drug-likeness (QED) is 0.817. The number of rotatable bonds is 3. The molecule has 5 nitrogen and oxygen atoms in total. The number of hydrogen-bond acceptors (Lipinski definition) is 3. The molecule has 5 heteroatoms. The number of carbonyl (C=O) groups is 2. The Balaban J connectivity index is 2.78. The Morgan fingerprint density at radius 1 is 1.44 bits per heavy atom. The van der Waals surface area contributed by atoms with Crippen molar-refractivity contribution >= 4 is 11.9 Å². The molecule has 1 heterocycles. The average molecular weight is 225 g/mol. The van der Waals surface area contributed by atoms with E-state index in [2.05, 4.69) is 5.32 Å². The summed E-state index contributed by atoms with van der Waals surface area (Å²) in [6.45, 7) is 5.23. The second-order valence-corrected chi connectivity index (χ2v) is 4.59. The van der Waals surface area contributed by atoms with E-state index in [-0.39, 0.29) is 5.76 Å². The average Bonchev–Trinajstić information content (AvgIpc) is 2.63. The summed E-state index contributed by atoms with van der Waals surface area (Å²) in [4.78, 5) is 22.6. The van der Waals surface area contributed by atoms with Crippen molar-refractivity contribution in [3.05, 3.63) is 24.2 Å². The topological polar surface area (TPSA) is 79.5 Å². The van der Waals surface area contributed by atoms with Gasteiger partial charge in [-0.15, -0.1) is 0 Å². The molecule has 1 rings (SSSR count). The Kier molecular flexibility index (Phi) is 3.37. The number of amides is 1. The summed E-state index contributed by atoms with van der Waals surface area (Å²) in [5.41, 5.74) is -0.561. The van der Waals surface area contributed by atoms with Crippen LogP contribution in [0.1, 0.15) is 31.3 Å². The Morgan fingerprint density at radius 2 is 2.06 bits per heavy atom. The molecule has 0 unspecified atom stereocenters. The van der Waals surface area contributed by atoms with Crippen molar-refractivity contribution in [1.29, 1.82) is 0 Å². The molecule has 1 aromatic heterocycles.